The van der Waals surface area contributed by atoms with E-state index in [9.17, 15) is 27.2 Å². The van der Waals surface area contributed by atoms with Crippen LogP contribution >= 0.6 is 0 Å². The van der Waals surface area contributed by atoms with E-state index in [1.54, 1.807) is 0 Å². The van der Waals surface area contributed by atoms with Gasteiger partial charge in [-0.05, 0) is 30.7 Å². The largest absolute Gasteiger partial charge is 0.416 e. The predicted molar refractivity (Wildman–Crippen MR) is 95.7 cm³/mol. The number of nitrogens with zero attached hydrogens (tertiary/aromatic N) is 4. The van der Waals surface area contributed by atoms with Gasteiger partial charge in [-0.15, -0.1) is 0 Å². The molecule has 0 unspecified atom stereocenters. The standard InChI is InChI=1S/C19H15F4N5O2/c20-15-5-13(15)9-28(10-16(29)27-18-25-7-11(6-24)8-26-18)17(30)12-1-3-14(4-2-12)19(21,22)23/h1-4,7-8,13,15H,5,9-10H2,(H,25,26,27,29)/t13-,15-/m0/s1. The maximum Gasteiger partial charge on any atom is 0.416 e. The quantitative estimate of drug-likeness (QED) is 0.724. The molecule has 1 aromatic heterocycles. The highest BCUT2D eigenvalue weighted by Crippen LogP contribution is 2.35. The number of hydrogen-bond acceptors (Lipinski definition) is 5. The maximum absolute atomic E-state index is 13.3. The average molecular weight is 421 g/mol. The van der Waals surface area contributed by atoms with Gasteiger partial charge in [0.15, 0.2) is 0 Å². The first-order chi connectivity index (χ1) is 14.2. The van der Waals surface area contributed by atoms with Crippen LogP contribution in [0.15, 0.2) is 36.7 Å². The van der Waals surface area contributed by atoms with Gasteiger partial charge < -0.3 is 4.90 Å². The summed E-state index contributed by atoms with van der Waals surface area (Å²) in [5.41, 5.74) is -0.774. The Kier molecular flexibility index (Phi) is 5.96. The third kappa shape index (κ3) is 5.28. The Hall–Kier alpha value is -3.55. The van der Waals surface area contributed by atoms with Crippen molar-refractivity contribution in [2.24, 2.45) is 5.92 Å². The van der Waals surface area contributed by atoms with Gasteiger partial charge in [0.25, 0.3) is 5.91 Å². The number of carbonyl (C=O) groups is 2. The van der Waals surface area contributed by atoms with E-state index in [1.807, 2.05) is 6.07 Å². The van der Waals surface area contributed by atoms with Crippen LogP contribution in [0, 0.1) is 17.2 Å². The van der Waals surface area contributed by atoms with Crippen molar-refractivity contribution in [1.82, 2.24) is 14.9 Å². The molecule has 0 bridgehead atoms. The first-order valence-electron chi connectivity index (χ1n) is 8.80. The van der Waals surface area contributed by atoms with Crippen LogP contribution in [-0.4, -0.2) is 45.9 Å². The fraction of sp³-hybridized carbons (Fsp3) is 0.316. The average Bonchev–Trinajstić information content (AvgIpc) is 3.41. The van der Waals surface area contributed by atoms with Gasteiger partial charge in [0.2, 0.25) is 11.9 Å². The number of carbonyl (C=O) groups excluding carboxylic acids is 2. The minimum absolute atomic E-state index is 0.0529. The lowest BCUT2D eigenvalue weighted by Gasteiger charge is -2.22. The molecular formula is C19H15F4N5O2. The molecule has 0 radical (unpaired) electrons. The number of amides is 2. The summed E-state index contributed by atoms with van der Waals surface area (Å²) in [6.45, 7) is -0.519. The molecule has 2 aromatic rings. The molecule has 0 saturated heterocycles. The van der Waals surface area contributed by atoms with Crippen LogP contribution in [0.1, 0.15) is 27.9 Å². The van der Waals surface area contributed by atoms with Crippen LogP contribution in [0.3, 0.4) is 0 Å². The zero-order chi connectivity index (χ0) is 21.9. The SMILES string of the molecule is N#Cc1cnc(NC(=O)CN(C[C@@H]2C[C@@H]2F)C(=O)c2ccc(C(F)(F)F)cc2)nc1. The van der Waals surface area contributed by atoms with Gasteiger partial charge in [0.1, 0.15) is 18.8 Å². The third-order valence-electron chi connectivity index (χ3n) is 4.40. The molecular weight excluding hydrogens is 406 g/mol. The number of nitrogens with one attached hydrogen (secondary N) is 1. The van der Waals surface area contributed by atoms with Crippen LogP contribution < -0.4 is 5.32 Å². The van der Waals surface area contributed by atoms with Gasteiger partial charge in [-0.25, -0.2) is 14.4 Å². The number of aromatic nitrogens is 2. The maximum atomic E-state index is 13.3. The van der Waals surface area contributed by atoms with Gasteiger partial charge in [0.05, 0.1) is 23.5 Å². The van der Waals surface area contributed by atoms with Crippen LogP contribution in [0.4, 0.5) is 23.5 Å². The van der Waals surface area contributed by atoms with Crippen LogP contribution in [-0.2, 0) is 11.0 Å². The molecule has 7 nitrogen and oxygen atoms in total. The number of nitriles is 1. The second-order valence-corrected chi connectivity index (χ2v) is 6.73. The van der Waals surface area contributed by atoms with Crippen molar-refractivity contribution in [2.75, 3.05) is 18.4 Å². The Morgan fingerprint density at radius 2 is 1.80 bits per heavy atom. The van der Waals surface area contributed by atoms with Gasteiger partial charge >= 0.3 is 6.18 Å². The Labute approximate surface area is 168 Å². The Morgan fingerprint density at radius 1 is 1.20 bits per heavy atom. The van der Waals surface area contributed by atoms with E-state index in [1.165, 1.54) is 12.4 Å². The zero-order valence-electron chi connectivity index (χ0n) is 15.4. The fourth-order valence-electron chi connectivity index (χ4n) is 2.67. The molecule has 1 heterocycles. The summed E-state index contributed by atoms with van der Waals surface area (Å²) in [5, 5.41) is 11.1. The summed E-state index contributed by atoms with van der Waals surface area (Å²) < 4.78 is 51.5. The van der Waals surface area contributed by atoms with Crippen molar-refractivity contribution >= 4 is 17.8 Å². The molecule has 1 aliphatic carbocycles. The number of alkyl halides is 4. The highest BCUT2D eigenvalue weighted by Gasteiger charge is 2.40. The Balaban J connectivity index is 1.71. The third-order valence-corrected chi connectivity index (χ3v) is 4.40. The molecule has 0 aliphatic heterocycles. The molecule has 11 heteroatoms. The molecule has 1 aromatic carbocycles. The molecule has 156 valence electrons. The summed E-state index contributed by atoms with van der Waals surface area (Å²) in [5.74, 6) is -1.88. The Bertz CT molecular complexity index is 970. The second kappa shape index (κ2) is 8.44. The van der Waals surface area contributed by atoms with Crippen molar-refractivity contribution in [1.29, 1.82) is 5.26 Å². The van der Waals surface area contributed by atoms with Crippen molar-refractivity contribution < 1.29 is 27.2 Å². The van der Waals surface area contributed by atoms with E-state index in [4.69, 9.17) is 5.26 Å². The van der Waals surface area contributed by atoms with Crippen LogP contribution in [0.5, 0.6) is 0 Å². The number of benzene rings is 1. The summed E-state index contributed by atoms with van der Waals surface area (Å²) >= 11 is 0. The molecule has 1 aliphatic rings. The Morgan fingerprint density at radius 3 is 2.30 bits per heavy atom. The lowest BCUT2D eigenvalue weighted by atomic mass is 10.1. The van der Waals surface area contributed by atoms with Crippen molar-refractivity contribution in [3.05, 3.63) is 53.3 Å². The monoisotopic (exact) mass is 421 g/mol. The molecule has 30 heavy (non-hydrogen) atoms. The van der Waals surface area contributed by atoms with Crippen LogP contribution in [0.25, 0.3) is 0 Å². The first-order valence-corrected chi connectivity index (χ1v) is 8.80. The van der Waals surface area contributed by atoms with E-state index in [0.29, 0.717) is 0 Å². The zero-order valence-corrected chi connectivity index (χ0v) is 15.4. The predicted octanol–water partition coefficient (Wildman–Crippen LogP) is 2.81. The number of hydrogen-bond donors (Lipinski definition) is 1. The first kappa shape index (κ1) is 21.2. The number of anilines is 1. The molecule has 2 atom stereocenters. The number of rotatable bonds is 6. The smallest absolute Gasteiger partial charge is 0.329 e. The highest BCUT2D eigenvalue weighted by molar-refractivity contribution is 5.98. The molecule has 3 rings (SSSR count). The van der Waals surface area contributed by atoms with Crippen molar-refractivity contribution in [3.63, 3.8) is 0 Å². The van der Waals surface area contributed by atoms with Gasteiger partial charge in [-0.1, -0.05) is 0 Å². The van der Waals surface area contributed by atoms with Gasteiger partial charge in [-0.2, -0.15) is 18.4 Å². The summed E-state index contributed by atoms with van der Waals surface area (Å²) in [4.78, 5) is 33.7. The van der Waals surface area contributed by atoms with E-state index >= 15 is 0 Å². The van der Waals surface area contributed by atoms with Crippen molar-refractivity contribution in [2.45, 2.75) is 18.8 Å². The minimum atomic E-state index is -4.54. The van der Waals surface area contributed by atoms with E-state index < -0.39 is 42.2 Å². The summed E-state index contributed by atoms with van der Waals surface area (Å²) in [6.07, 6.45) is -2.98. The van der Waals surface area contributed by atoms with Gasteiger partial charge in [-0.3, -0.25) is 14.9 Å². The summed E-state index contributed by atoms with van der Waals surface area (Å²) in [7, 11) is 0. The molecule has 1 N–H and O–H groups in total. The van der Waals surface area contributed by atoms with Crippen molar-refractivity contribution in [3.8, 4) is 6.07 Å². The minimum Gasteiger partial charge on any atom is -0.329 e. The fourth-order valence-corrected chi connectivity index (χ4v) is 2.67. The summed E-state index contributed by atoms with van der Waals surface area (Å²) in [6, 6.07) is 5.39. The van der Waals surface area contributed by atoms with Gasteiger partial charge in [0, 0.05) is 18.0 Å². The molecule has 2 amide bonds. The van der Waals surface area contributed by atoms with E-state index in [2.05, 4.69) is 15.3 Å². The second-order valence-electron chi connectivity index (χ2n) is 6.73. The van der Waals surface area contributed by atoms with E-state index in [-0.39, 0.29) is 30.0 Å². The number of halogens is 4. The molecule has 0 spiro atoms. The topological polar surface area (TPSA) is 99.0 Å². The highest BCUT2D eigenvalue weighted by atomic mass is 19.4. The molecule has 1 saturated carbocycles. The normalized spacial score (nSPS) is 17.7. The molecule has 1 fully saturated rings. The lowest BCUT2D eigenvalue weighted by Crippen LogP contribution is -2.39. The van der Waals surface area contributed by atoms with Crippen LogP contribution in [0.2, 0.25) is 0 Å². The lowest BCUT2D eigenvalue weighted by molar-refractivity contribution is -0.137. The van der Waals surface area contributed by atoms with E-state index in [0.717, 1.165) is 29.2 Å².